The van der Waals surface area contributed by atoms with Gasteiger partial charge in [-0.1, -0.05) is 0 Å². The molecule has 1 fully saturated rings. The molecule has 0 unspecified atom stereocenters. The first-order valence-electron chi connectivity index (χ1n) is 6.03. The summed E-state index contributed by atoms with van der Waals surface area (Å²) in [5.74, 6) is -1.20. The quantitative estimate of drug-likeness (QED) is 0.581. The highest BCUT2D eigenvalue weighted by Gasteiger charge is 2.33. The summed E-state index contributed by atoms with van der Waals surface area (Å²) >= 11 is 2.08. The van der Waals surface area contributed by atoms with Gasteiger partial charge in [-0.3, -0.25) is 9.59 Å². The molecule has 0 bridgehead atoms. The summed E-state index contributed by atoms with van der Waals surface area (Å²) in [6.45, 7) is 2.31. The SMILES string of the molecule is CCOc1cc(C(=O)ON2C(=O)CCC2=O)ccc1I. The standard InChI is InChI=1S/C13H12INO5/c1-2-19-10-7-8(3-4-9(10)14)13(18)20-15-11(16)5-6-12(15)17/h3-4,7H,2,5-6H2,1H3. The largest absolute Gasteiger partial charge is 0.493 e. The smallest absolute Gasteiger partial charge is 0.364 e. The molecule has 20 heavy (non-hydrogen) atoms. The highest BCUT2D eigenvalue weighted by atomic mass is 127. The lowest BCUT2D eigenvalue weighted by Crippen LogP contribution is -2.32. The average Bonchev–Trinajstić information content (AvgIpc) is 2.73. The van der Waals surface area contributed by atoms with Crippen LogP contribution in [-0.2, 0) is 14.4 Å². The molecule has 2 rings (SSSR count). The van der Waals surface area contributed by atoms with Crippen LogP contribution in [0.3, 0.4) is 0 Å². The van der Waals surface area contributed by atoms with Gasteiger partial charge in [-0.15, -0.1) is 5.06 Å². The molecule has 0 saturated carbocycles. The number of carbonyl (C=O) groups is 3. The second-order valence-electron chi connectivity index (χ2n) is 4.04. The average molecular weight is 389 g/mol. The maximum Gasteiger partial charge on any atom is 0.364 e. The molecule has 1 aliphatic heterocycles. The number of hydrogen-bond acceptors (Lipinski definition) is 5. The van der Waals surface area contributed by atoms with Gasteiger partial charge in [0.25, 0.3) is 11.8 Å². The van der Waals surface area contributed by atoms with Gasteiger partial charge in [-0.2, -0.15) is 0 Å². The summed E-state index contributed by atoms with van der Waals surface area (Å²) in [6, 6.07) is 4.78. The minimum Gasteiger partial charge on any atom is -0.493 e. The zero-order valence-electron chi connectivity index (χ0n) is 10.7. The van der Waals surface area contributed by atoms with E-state index in [0.717, 1.165) is 3.57 Å². The first-order chi connectivity index (χ1) is 9.52. The fourth-order valence-electron chi connectivity index (χ4n) is 1.69. The van der Waals surface area contributed by atoms with Crippen LogP contribution < -0.4 is 4.74 Å². The van der Waals surface area contributed by atoms with E-state index in [1.54, 1.807) is 12.1 Å². The molecular formula is C13H12INO5. The molecule has 0 spiro atoms. The Hall–Kier alpha value is -1.64. The van der Waals surface area contributed by atoms with Gasteiger partial charge in [0.15, 0.2) is 0 Å². The van der Waals surface area contributed by atoms with E-state index in [9.17, 15) is 14.4 Å². The maximum absolute atomic E-state index is 11.9. The summed E-state index contributed by atoms with van der Waals surface area (Å²) < 4.78 is 6.23. The Morgan fingerprint density at radius 1 is 1.30 bits per heavy atom. The topological polar surface area (TPSA) is 72.9 Å². The molecule has 0 aromatic heterocycles. The molecule has 1 aromatic carbocycles. The van der Waals surface area contributed by atoms with Crippen LogP contribution in [0.2, 0.25) is 0 Å². The number of amides is 2. The van der Waals surface area contributed by atoms with Crippen molar-refractivity contribution in [2.24, 2.45) is 0 Å². The molecule has 6 nitrogen and oxygen atoms in total. The van der Waals surface area contributed by atoms with Crippen molar-refractivity contribution in [2.75, 3.05) is 6.61 Å². The van der Waals surface area contributed by atoms with Crippen LogP contribution in [0.4, 0.5) is 0 Å². The number of benzene rings is 1. The molecule has 1 saturated heterocycles. The Bertz CT molecular complexity index is 556. The summed E-state index contributed by atoms with van der Waals surface area (Å²) in [5.41, 5.74) is 0.223. The Labute approximate surface area is 129 Å². The third-order valence-corrected chi connectivity index (χ3v) is 3.54. The number of nitrogens with zero attached hydrogens (tertiary/aromatic N) is 1. The zero-order valence-corrected chi connectivity index (χ0v) is 12.9. The van der Waals surface area contributed by atoms with Crippen molar-refractivity contribution in [3.05, 3.63) is 27.3 Å². The lowest BCUT2D eigenvalue weighted by molar-refractivity contribution is -0.172. The number of ether oxygens (including phenoxy) is 1. The second kappa shape index (κ2) is 6.21. The number of imide groups is 1. The Morgan fingerprint density at radius 2 is 1.95 bits per heavy atom. The number of halogens is 1. The minimum atomic E-state index is -0.758. The molecule has 1 aliphatic rings. The highest BCUT2D eigenvalue weighted by molar-refractivity contribution is 14.1. The zero-order chi connectivity index (χ0) is 14.7. The number of carbonyl (C=O) groups excluding carboxylic acids is 3. The van der Waals surface area contributed by atoms with Crippen LogP contribution in [-0.4, -0.2) is 29.5 Å². The molecule has 0 atom stereocenters. The van der Waals surface area contributed by atoms with E-state index in [1.807, 2.05) is 6.92 Å². The first-order valence-corrected chi connectivity index (χ1v) is 7.11. The molecule has 2 amide bonds. The van der Waals surface area contributed by atoms with Crippen molar-refractivity contribution in [2.45, 2.75) is 19.8 Å². The lowest BCUT2D eigenvalue weighted by Gasteiger charge is -2.13. The molecule has 1 heterocycles. The van der Waals surface area contributed by atoms with Crippen LogP contribution in [0.15, 0.2) is 18.2 Å². The molecule has 0 aliphatic carbocycles. The van der Waals surface area contributed by atoms with Gasteiger partial charge in [0.1, 0.15) is 5.75 Å². The molecule has 0 N–H and O–H groups in total. The summed E-state index contributed by atoms with van der Waals surface area (Å²) in [4.78, 5) is 39.5. The van der Waals surface area contributed by atoms with Crippen LogP contribution in [0.25, 0.3) is 0 Å². The summed E-state index contributed by atoms with van der Waals surface area (Å²) in [5, 5.41) is 0.528. The Kier molecular flexibility index (Phi) is 4.58. The molecule has 1 aromatic rings. The van der Waals surface area contributed by atoms with E-state index in [0.29, 0.717) is 17.4 Å². The van der Waals surface area contributed by atoms with Crippen molar-refractivity contribution in [1.29, 1.82) is 0 Å². The molecule has 0 radical (unpaired) electrons. The third-order valence-electron chi connectivity index (χ3n) is 2.65. The van der Waals surface area contributed by atoms with E-state index in [1.165, 1.54) is 6.07 Å². The predicted molar refractivity (Wildman–Crippen MR) is 76.8 cm³/mol. The fourth-order valence-corrected chi connectivity index (χ4v) is 2.18. The molecule has 106 valence electrons. The Balaban J connectivity index is 2.15. The third kappa shape index (κ3) is 3.09. The van der Waals surface area contributed by atoms with Crippen LogP contribution >= 0.6 is 22.6 Å². The normalized spacial score (nSPS) is 14.6. The van der Waals surface area contributed by atoms with E-state index < -0.39 is 17.8 Å². The maximum atomic E-state index is 11.9. The number of rotatable bonds is 4. The van der Waals surface area contributed by atoms with Gasteiger partial charge in [0.2, 0.25) is 0 Å². The number of hydroxylamine groups is 2. The van der Waals surface area contributed by atoms with Crippen molar-refractivity contribution < 1.29 is 24.0 Å². The van der Waals surface area contributed by atoms with Crippen molar-refractivity contribution in [1.82, 2.24) is 5.06 Å². The van der Waals surface area contributed by atoms with Crippen molar-refractivity contribution in [3.8, 4) is 5.75 Å². The van der Waals surface area contributed by atoms with Gasteiger partial charge in [-0.05, 0) is 47.7 Å². The Morgan fingerprint density at radius 3 is 2.55 bits per heavy atom. The molecule has 7 heteroatoms. The van der Waals surface area contributed by atoms with Gasteiger partial charge >= 0.3 is 5.97 Å². The van der Waals surface area contributed by atoms with E-state index >= 15 is 0 Å². The van der Waals surface area contributed by atoms with E-state index in [-0.39, 0.29) is 18.4 Å². The lowest BCUT2D eigenvalue weighted by atomic mass is 10.2. The predicted octanol–water partition coefficient (Wildman–Crippen LogP) is 1.91. The van der Waals surface area contributed by atoms with Gasteiger partial charge < -0.3 is 9.57 Å². The second-order valence-corrected chi connectivity index (χ2v) is 5.20. The van der Waals surface area contributed by atoms with Gasteiger partial charge in [0, 0.05) is 12.8 Å². The van der Waals surface area contributed by atoms with Crippen LogP contribution in [0.1, 0.15) is 30.1 Å². The van der Waals surface area contributed by atoms with E-state index in [2.05, 4.69) is 22.6 Å². The van der Waals surface area contributed by atoms with Crippen LogP contribution in [0, 0.1) is 3.57 Å². The van der Waals surface area contributed by atoms with Gasteiger partial charge in [-0.25, -0.2) is 4.79 Å². The monoisotopic (exact) mass is 389 g/mol. The summed E-state index contributed by atoms with van der Waals surface area (Å²) in [7, 11) is 0. The van der Waals surface area contributed by atoms with Gasteiger partial charge in [0.05, 0.1) is 15.7 Å². The van der Waals surface area contributed by atoms with E-state index in [4.69, 9.17) is 9.57 Å². The van der Waals surface area contributed by atoms with Crippen LogP contribution in [0.5, 0.6) is 5.75 Å². The number of hydrogen-bond donors (Lipinski definition) is 0. The highest BCUT2D eigenvalue weighted by Crippen LogP contribution is 2.23. The first kappa shape index (κ1) is 14.8. The summed E-state index contributed by atoms with van der Waals surface area (Å²) in [6.07, 6.45) is 0.145. The minimum absolute atomic E-state index is 0.0724. The molecular weight excluding hydrogens is 377 g/mol. The fraction of sp³-hybridized carbons (Fsp3) is 0.308. The van der Waals surface area contributed by atoms with Crippen molar-refractivity contribution >= 4 is 40.4 Å². The van der Waals surface area contributed by atoms with Crippen molar-refractivity contribution in [3.63, 3.8) is 0 Å².